The lowest BCUT2D eigenvalue weighted by atomic mass is 10.1. The topological polar surface area (TPSA) is 33.2 Å². The van der Waals surface area contributed by atoms with Gasteiger partial charge in [-0.25, -0.2) is 0 Å². The van der Waals surface area contributed by atoms with Crippen molar-refractivity contribution >= 4 is 5.91 Å². The van der Waals surface area contributed by atoms with Gasteiger partial charge >= 0.3 is 6.18 Å². The molecule has 3 nitrogen and oxygen atoms in total. The monoisotopic (exact) mass is 282 g/mol. The van der Waals surface area contributed by atoms with Gasteiger partial charge in [-0.2, -0.15) is 13.2 Å². The summed E-state index contributed by atoms with van der Waals surface area (Å²) in [5, 5.41) is 0. The van der Waals surface area contributed by atoms with Gasteiger partial charge in [-0.3, -0.25) is 9.78 Å². The Bertz CT molecular complexity index is 551. The minimum absolute atomic E-state index is 0.0727. The van der Waals surface area contributed by atoms with Crippen LogP contribution in [0.15, 0.2) is 30.5 Å². The molecule has 2 unspecified atom stereocenters. The molecule has 0 aliphatic carbocycles. The highest BCUT2D eigenvalue weighted by atomic mass is 19.4. The summed E-state index contributed by atoms with van der Waals surface area (Å²) in [4.78, 5) is 17.5. The quantitative estimate of drug-likeness (QED) is 0.742. The fourth-order valence-corrected chi connectivity index (χ4v) is 2.88. The Hall–Kier alpha value is -1.85. The third-order valence-corrected chi connectivity index (χ3v) is 3.85. The van der Waals surface area contributed by atoms with Gasteiger partial charge in [-0.1, -0.05) is 12.2 Å². The zero-order chi connectivity index (χ0) is 14.3. The highest BCUT2D eigenvalue weighted by Crippen LogP contribution is 2.33. The smallest absolute Gasteiger partial charge is 0.329 e. The van der Waals surface area contributed by atoms with E-state index in [1.54, 1.807) is 4.90 Å². The van der Waals surface area contributed by atoms with E-state index in [1.165, 1.54) is 6.07 Å². The summed E-state index contributed by atoms with van der Waals surface area (Å²) >= 11 is 0. The SMILES string of the molecule is O=C(c1ccc(C(F)(F)F)nc1)N1C2C=CCC1CC2. The molecule has 6 heteroatoms. The van der Waals surface area contributed by atoms with Gasteiger partial charge in [0, 0.05) is 12.2 Å². The molecule has 2 aliphatic heterocycles. The molecule has 2 atom stereocenters. The average molecular weight is 282 g/mol. The van der Waals surface area contributed by atoms with Crippen LogP contribution in [0.3, 0.4) is 0 Å². The van der Waals surface area contributed by atoms with Crippen molar-refractivity contribution in [2.45, 2.75) is 37.5 Å². The van der Waals surface area contributed by atoms with E-state index in [-0.39, 0.29) is 23.6 Å². The largest absolute Gasteiger partial charge is 0.433 e. The van der Waals surface area contributed by atoms with Crippen LogP contribution in [-0.4, -0.2) is 27.9 Å². The molecule has 0 aromatic carbocycles. The van der Waals surface area contributed by atoms with Gasteiger partial charge in [0.15, 0.2) is 0 Å². The van der Waals surface area contributed by atoms with E-state index in [1.807, 2.05) is 6.08 Å². The summed E-state index contributed by atoms with van der Waals surface area (Å²) in [7, 11) is 0. The second-order valence-corrected chi connectivity index (χ2v) is 5.10. The highest BCUT2D eigenvalue weighted by Gasteiger charge is 2.38. The van der Waals surface area contributed by atoms with E-state index in [2.05, 4.69) is 11.1 Å². The summed E-state index contributed by atoms with van der Waals surface area (Å²) in [5.74, 6) is -0.233. The van der Waals surface area contributed by atoms with Gasteiger partial charge < -0.3 is 4.90 Å². The number of alkyl halides is 3. The first kappa shape index (κ1) is 13.1. The molecule has 0 saturated carbocycles. The van der Waals surface area contributed by atoms with Crippen molar-refractivity contribution in [1.29, 1.82) is 0 Å². The van der Waals surface area contributed by atoms with Gasteiger partial charge in [-0.15, -0.1) is 0 Å². The molecule has 0 N–H and O–H groups in total. The number of hydrogen-bond acceptors (Lipinski definition) is 2. The summed E-state index contributed by atoms with van der Waals surface area (Å²) in [6, 6.07) is 2.30. The van der Waals surface area contributed by atoms with Crippen LogP contribution >= 0.6 is 0 Å². The number of carbonyl (C=O) groups is 1. The van der Waals surface area contributed by atoms with Crippen LogP contribution in [0.25, 0.3) is 0 Å². The van der Waals surface area contributed by atoms with Crippen LogP contribution in [0.4, 0.5) is 13.2 Å². The fraction of sp³-hybridized carbons (Fsp3) is 0.429. The van der Waals surface area contributed by atoms with Crippen molar-refractivity contribution in [1.82, 2.24) is 9.88 Å². The van der Waals surface area contributed by atoms with E-state index >= 15 is 0 Å². The number of amides is 1. The van der Waals surface area contributed by atoms with Crippen LogP contribution in [0.2, 0.25) is 0 Å². The Morgan fingerprint density at radius 1 is 1.30 bits per heavy atom. The van der Waals surface area contributed by atoms with Crippen molar-refractivity contribution in [3.8, 4) is 0 Å². The Morgan fingerprint density at radius 2 is 2.10 bits per heavy atom. The molecule has 3 rings (SSSR count). The molecule has 1 saturated heterocycles. The maximum absolute atomic E-state index is 12.4. The zero-order valence-electron chi connectivity index (χ0n) is 10.6. The molecule has 1 aromatic heterocycles. The predicted molar refractivity (Wildman–Crippen MR) is 66.0 cm³/mol. The fourth-order valence-electron chi connectivity index (χ4n) is 2.88. The lowest BCUT2D eigenvalue weighted by Crippen LogP contribution is -2.42. The number of pyridine rings is 1. The van der Waals surface area contributed by atoms with Crippen LogP contribution in [0.5, 0.6) is 0 Å². The Labute approximate surface area is 114 Å². The Balaban J connectivity index is 1.83. The molecule has 1 amide bonds. The third kappa shape index (κ3) is 2.19. The minimum Gasteiger partial charge on any atom is -0.329 e. The molecule has 1 fully saturated rings. The molecule has 3 heterocycles. The van der Waals surface area contributed by atoms with E-state index in [4.69, 9.17) is 0 Å². The van der Waals surface area contributed by atoms with Crippen molar-refractivity contribution in [2.75, 3.05) is 0 Å². The first-order valence-corrected chi connectivity index (χ1v) is 6.49. The molecular formula is C14H13F3N2O. The normalized spacial score (nSPS) is 25.1. The van der Waals surface area contributed by atoms with Gasteiger partial charge in [0.25, 0.3) is 5.91 Å². The molecule has 1 aromatic rings. The van der Waals surface area contributed by atoms with Crippen molar-refractivity contribution in [3.05, 3.63) is 41.7 Å². The third-order valence-electron chi connectivity index (χ3n) is 3.85. The van der Waals surface area contributed by atoms with Crippen LogP contribution < -0.4 is 0 Å². The number of aromatic nitrogens is 1. The zero-order valence-corrected chi connectivity index (χ0v) is 10.6. The van der Waals surface area contributed by atoms with Crippen LogP contribution in [-0.2, 0) is 6.18 Å². The van der Waals surface area contributed by atoms with Gasteiger partial charge in [0.2, 0.25) is 0 Å². The number of hydrogen-bond donors (Lipinski definition) is 0. The summed E-state index contributed by atoms with van der Waals surface area (Å²) in [6.45, 7) is 0. The Kier molecular flexibility index (Phi) is 3.03. The lowest BCUT2D eigenvalue weighted by molar-refractivity contribution is -0.141. The van der Waals surface area contributed by atoms with E-state index < -0.39 is 11.9 Å². The van der Waals surface area contributed by atoms with E-state index in [9.17, 15) is 18.0 Å². The summed E-state index contributed by atoms with van der Waals surface area (Å²) < 4.78 is 37.3. The van der Waals surface area contributed by atoms with Crippen LogP contribution in [0.1, 0.15) is 35.3 Å². The van der Waals surface area contributed by atoms with Crippen LogP contribution in [0, 0.1) is 0 Å². The maximum atomic E-state index is 12.4. The van der Waals surface area contributed by atoms with Gasteiger partial charge in [0.1, 0.15) is 5.69 Å². The first-order chi connectivity index (χ1) is 9.47. The summed E-state index contributed by atoms with van der Waals surface area (Å²) in [6.07, 6.45) is 3.28. The highest BCUT2D eigenvalue weighted by molar-refractivity contribution is 5.94. The number of carbonyl (C=O) groups excluding carboxylic acids is 1. The van der Waals surface area contributed by atoms with Crippen molar-refractivity contribution in [2.24, 2.45) is 0 Å². The maximum Gasteiger partial charge on any atom is 0.433 e. The molecule has 2 bridgehead atoms. The average Bonchev–Trinajstić information content (AvgIpc) is 2.66. The Morgan fingerprint density at radius 3 is 2.70 bits per heavy atom. The standard InChI is InChI=1S/C14H13F3N2O/c15-14(16,17)12-7-4-9(8-18-12)13(20)19-10-2-1-3-11(19)6-5-10/h1-2,4,7-8,10-11H,3,5-6H2. The number of fused-ring (bicyclic) bond motifs is 2. The van der Waals surface area contributed by atoms with Crippen molar-refractivity contribution < 1.29 is 18.0 Å². The number of rotatable bonds is 1. The first-order valence-electron chi connectivity index (χ1n) is 6.49. The molecule has 2 aliphatic rings. The van der Waals surface area contributed by atoms with Crippen molar-refractivity contribution in [3.63, 3.8) is 0 Å². The lowest BCUT2D eigenvalue weighted by Gasteiger charge is -2.31. The van der Waals surface area contributed by atoms with Gasteiger partial charge in [-0.05, 0) is 31.4 Å². The molecule has 20 heavy (non-hydrogen) atoms. The number of halogens is 3. The number of nitrogens with zero attached hydrogens (tertiary/aromatic N) is 2. The predicted octanol–water partition coefficient (Wildman–Crippen LogP) is 3.03. The second kappa shape index (κ2) is 4.61. The molecular weight excluding hydrogens is 269 g/mol. The molecule has 0 spiro atoms. The minimum atomic E-state index is -4.48. The van der Waals surface area contributed by atoms with E-state index in [0.717, 1.165) is 31.5 Å². The molecule has 0 radical (unpaired) electrons. The molecule has 106 valence electrons. The second-order valence-electron chi connectivity index (χ2n) is 5.10. The van der Waals surface area contributed by atoms with Gasteiger partial charge in [0.05, 0.1) is 11.6 Å². The summed E-state index contributed by atoms with van der Waals surface area (Å²) in [5.41, 5.74) is -0.763. The van der Waals surface area contributed by atoms with E-state index in [0.29, 0.717) is 0 Å².